The smallest absolute Gasteiger partial charge is 0.276 e. The molecule has 0 aliphatic rings. The minimum atomic E-state index is -0.564. The molecular weight excluding hydrogens is 367 g/mol. The zero-order valence-electron chi connectivity index (χ0n) is 15.8. The number of halogens is 1. The van der Waals surface area contributed by atoms with Gasteiger partial charge < -0.3 is 14.2 Å². The van der Waals surface area contributed by atoms with Crippen molar-refractivity contribution in [2.75, 3.05) is 19.8 Å². The molecule has 0 saturated carbocycles. The third kappa shape index (κ3) is 6.46. The molecule has 0 aromatic heterocycles. The summed E-state index contributed by atoms with van der Waals surface area (Å²) in [6.07, 6.45) is 0.847. The second-order valence-corrected chi connectivity index (χ2v) is 5.69. The van der Waals surface area contributed by atoms with E-state index in [1.165, 1.54) is 24.3 Å². The Morgan fingerprint density at radius 3 is 2.36 bits per heavy atom. The molecule has 0 atom stereocenters. The molecule has 0 fully saturated rings. The maximum atomic E-state index is 12.8. The van der Waals surface area contributed by atoms with Crippen LogP contribution in [0.1, 0.15) is 30.6 Å². The molecule has 0 spiro atoms. The lowest BCUT2D eigenvalue weighted by molar-refractivity contribution is -0.123. The van der Waals surface area contributed by atoms with Gasteiger partial charge in [0.25, 0.3) is 11.8 Å². The highest BCUT2D eigenvalue weighted by Gasteiger charge is 2.13. The summed E-state index contributed by atoms with van der Waals surface area (Å²) in [6, 6.07) is 10.0. The van der Waals surface area contributed by atoms with Crippen LogP contribution in [0.4, 0.5) is 4.39 Å². The van der Waals surface area contributed by atoms with Crippen LogP contribution in [0.25, 0.3) is 0 Å². The molecule has 0 bridgehead atoms. The molecule has 2 N–H and O–H groups in total. The van der Waals surface area contributed by atoms with E-state index in [9.17, 15) is 14.0 Å². The lowest BCUT2D eigenvalue weighted by Gasteiger charge is -2.13. The van der Waals surface area contributed by atoms with E-state index in [0.29, 0.717) is 36.0 Å². The molecular formula is C20H23FN2O5. The fourth-order valence-electron chi connectivity index (χ4n) is 2.16. The van der Waals surface area contributed by atoms with Crippen molar-refractivity contribution in [1.82, 2.24) is 10.9 Å². The van der Waals surface area contributed by atoms with Crippen molar-refractivity contribution in [3.63, 3.8) is 0 Å². The van der Waals surface area contributed by atoms with Crippen molar-refractivity contribution in [2.24, 2.45) is 0 Å². The number of hydrogen-bond acceptors (Lipinski definition) is 5. The van der Waals surface area contributed by atoms with Crippen molar-refractivity contribution in [3.8, 4) is 17.2 Å². The zero-order chi connectivity index (χ0) is 20.4. The number of nitrogens with one attached hydrogen (secondary N) is 2. The first-order valence-corrected chi connectivity index (χ1v) is 8.90. The summed E-state index contributed by atoms with van der Waals surface area (Å²) >= 11 is 0. The van der Waals surface area contributed by atoms with Gasteiger partial charge in [-0.3, -0.25) is 20.4 Å². The lowest BCUT2D eigenvalue weighted by atomic mass is 10.2. The summed E-state index contributed by atoms with van der Waals surface area (Å²) in [5.74, 6) is -0.135. The highest BCUT2D eigenvalue weighted by atomic mass is 19.1. The van der Waals surface area contributed by atoms with Gasteiger partial charge in [0.1, 0.15) is 11.6 Å². The minimum absolute atomic E-state index is 0.298. The molecule has 0 saturated heterocycles. The molecule has 0 unspecified atom stereocenters. The van der Waals surface area contributed by atoms with Crippen LogP contribution >= 0.6 is 0 Å². The average Bonchev–Trinajstić information content (AvgIpc) is 2.70. The zero-order valence-corrected chi connectivity index (χ0v) is 15.8. The van der Waals surface area contributed by atoms with Gasteiger partial charge in [0.2, 0.25) is 0 Å². The maximum Gasteiger partial charge on any atom is 0.276 e. The Labute approximate surface area is 162 Å². The number of hydrogen-bond donors (Lipinski definition) is 2. The van der Waals surface area contributed by atoms with Gasteiger partial charge >= 0.3 is 0 Å². The summed E-state index contributed by atoms with van der Waals surface area (Å²) in [5.41, 5.74) is 4.85. The van der Waals surface area contributed by atoms with E-state index in [4.69, 9.17) is 14.2 Å². The standard InChI is InChI=1S/C20H23FN2O5/c1-3-11-27-17-10-5-14(12-18(17)26-4-2)20(25)23-22-19(24)13-28-16-8-6-15(21)7-9-16/h5-10,12H,3-4,11,13H2,1-2H3,(H,22,24)(H,23,25). The van der Waals surface area contributed by atoms with Crippen LogP contribution in [0.2, 0.25) is 0 Å². The van der Waals surface area contributed by atoms with Gasteiger partial charge in [0.05, 0.1) is 13.2 Å². The fourth-order valence-corrected chi connectivity index (χ4v) is 2.16. The van der Waals surface area contributed by atoms with Crippen molar-refractivity contribution in [3.05, 3.63) is 53.8 Å². The van der Waals surface area contributed by atoms with Gasteiger partial charge in [-0.15, -0.1) is 0 Å². The second-order valence-electron chi connectivity index (χ2n) is 5.69. The highest BCUT2D eigenvalue weighted by molar-refractivity contribution is 5.96. The summed E-state index contributed by atoms with van der Waals surface area (Å²) in [4.78, 5) is 24.0. The van der Waals surface area contributed by atoms with E-state index in [1.807, 2.05) is 13.8 Å². The first-order chi connectivity index (χ1) is 13.5. The normalized spacial score (nSPS) is 10.1. The summed E-state index contributed by atoms with van der Waals surface area (Å²) in [5, 5.41) is 0. The van der Waals surface area contributed by atoms with E-state index < -0.39 is 17.6 Å². The fraction of sp³-hybridized carbons (Fsp3) is 0.300. The summed E-state index contributed by atoms with van der Waals surface area (Å²) in [6.45, 7) is 4.45. The quantitative estimate of drug-likeness (QED) is 0.643. The lowest BCUT2D eigenvalue weighted by Crippen LogP contribution is -2.43. The topological polar surface area (TPSA) is 85.9 Å². The van der Waals surface area contributed by atoms with Crippen LogP contribution in [0.15, 0.2) is 42.5 Å². The van der Waals surface area contributed by atoms with E-state index in [-0.39, 0.29) is 6.61 Å². The van der Waals surface area contributed by atoms with Crippen molar-refractivity contribution >= 4 is 11.8 Å². The number of carbonyl (C=O) groups excluding carboxylic acids is 2. The van der Waals surface area contributed by atoms with Crippen LogP contribution in [-0.4, -0.2) is 31.6 Å². The predicted octanol–water partition coefficient (Wildman–Crippen LogP) is 2.85. The van der Waals surface area contributed by atoms with Crippen LogP contribution < -0.4 is 25.1 Å². The Balaban J connectivity index is 1.88. The molecule has 2 aromatic carbocycles. The molecule has 2 rings (SSSR count). The molecule has 150 valence electrons. The average molecular weight is 390 g/mol. The third-order valence-electron chi connectivity index (χ3n) is 3.47. The van der Waals surface area contributed by atoms with Gasteiger partial charge in [-0.2, -0.15) is 0 Å². The Hall–Kier alpha value is -3.29. The molecule has 28 heavy (non-hydrogen) atoms. The number of benzene rings is 2. The molecule has 2 aromatic rings. The van der Waals surface area contributed by atoms with Crippen molar-refractivity contribution < 1.29 is 28.2 Å². The number of ether oxygens (including phenoxy) is 3. The Kier molecular flexibility index (Phi) is 8.08. The minimum Gasteiger partial charge on any atom is -0.490 e. The highest BCUT2D eigenvalue weighted by Crippen LogP contribution is 2.28. The molecule has 7 nitrogen and oxygen atoms in total. The summed E-state index contributed by atoms with van der Waals surface area (Å²) in [7, 11) is 0. The Bertz CT molecular complexity index is 796. The third-order valence-corrected chi connectivity index (χ3v) is 3.47. The molecule has 0 aliphatic carbocycles. The molecule has 0 aliphatic heterocycles. The van der Waals surface area contributed by atoms with Crippen LogP contribution in [-0.2, 0) is 4.79 Å². The summed E-state index contributed by atoms with van der Waals surface area (Å²) < 4.78 is 29.1. The molecule has 2 amide bonds. The predicted molar refractivity (Wildman–Crippen MR) is 101 cm³/mol. The molecule has 0 radical (unpaired) electrons. The Morgan fingerprint density at radius 1 is 0.929 bits per heavy atom. The SMILES string of the molecule is CCCOc1ccc(C(=O)NNC(=O)COc2ccc(F)cc2)cc1OCC. The van der Waals surface area contributed by atoms with Gasteiger partial charge in [-0.1, -0.05) is 6.92 Å². The maximum absolute atomic E-state index is 12.8. The number of carbonyl (C=O) groups is 2. The molecule has 8 heteroatoms. The van der Waals surface area contributed by atoms with Crippen LogP contribution in [0, 0.1) is 5.82 Å². The van der Waals surface area contributed by atoms with E-state index in [1.54, 1.807) is 18.2 Å². The molecule has 0 heterocycles. The van der Waals surface area contributed by atoms with E-state index >= 15 is 0 Å². The van der Waals surface area contributed by atoms with Gasteiger partial charge in [0.15, 0.2) is 18.1 Å². The number of rotatable bonds is 9. The van der Waals surface area contributed by atoms with Crippen molar-refractivity contribution in [2.45, 2.75) is 20.3 Å². The van der Waals surface area contributed by atoms with E-state index in [0.717, 1.165) is 6.42 Å². The monoisotopic (exact) mass is 390 g/mol. The first kappa shape index (κ1) is 21.0. The number of amides is 2. The second kappa shape index (κ2) is 10.8. The van der Waals surface area contributed by atoms with Gasteiger partial charge in [-0.25, -0.2) is 4.39 Å². The van der Waals surface area contributed by atoms with Crippen LogP contribution in [0.3, 0.4) is 0 Å². The largest absolute Gasteiger partial charge is 0.490 e. The number of hydrazine groups is 1. The van der Waals surface area contributed by atoms with E-state index in [2.05, 4.69) is 10.9 Å². The van der Waals surface area contributed by atoms with Gasteiger partial charge in [-0.05, 0) is 55.8 Å². The van der Waals surface area contributed by atoms with Crippen molar-refractivity contribution in [1.29, 1.82) is 0 Å². The van der Waals surface area contributed by atoms with Crippen LogP contribution in [0.5, 0.6) is 17.2 Å². The Morgan fingerprint density at radius 2 is 1.68 bits per heavy atom. The first-order valence-electron chi connectivity index (χ1n) is 8.90. The van der Waals surface area contributed by atoms with Gasteiger partial charge in [0, 0.05) is 5.56 Å².